The van der Waals surface area contributed by atoms with Gasteiger partial charge >= 0.3 is 0 Å². The van der Waals surface area contributed by atoms with Crippen molar-refractivity contribution in [2.75, 3.05) is 26.4 Å². The first-order valence-corrected chi connectivity index (χ1v) is 13.6. The molecule has 0 bridgehead atoms. The maximum atomic E-state index is 12.3. The van der Waals surface area contributed by atoms with Crippen LogP contribution in [0.1, 0.15) is 43.4 Å². The molecular weight excluding hydrogens is 502 g/mol. The number of hydrogen-bond donors (Lipinski definition) is 1. The SMILES string of the molecule is CC(C)[C@@H]1C[C@H](c2ccccc2Cl)CO[C@H]1c1ccc(OCC(=O)NC[C@H]2COc3ccccc3O2)cc1. The molecule has 5 rings (SSSR count). The van der Waals surface area contributed by atoms with Crippen LogP contribution in [0, 0.1) is 11.8 Å². The zero-order chi connectivity index (χ0) is 26.5. The molecule has 1 N–H and O–H groups in total. The van der Waals surface area contributed by atoms with Crippen LogP contribution in [0.5, 0.6) is 17.2 Å². The zero-order valence-corrected chi connectivity index (χ0v) is 22.5. The highest BCUT2D eigenvalue weighted by atomic mass is 35.5. The molecule has 0 spiro atoms. The Labute approximate surface area is 229 Å². The standard InChI is InChI=1S/C31H34ClNO5/c1-20(2)26-15-22(25-7-3-4-8-27(25)32)17-37-31(26)21-11-13-23(14-12-21)35-19-30(34)33-16-24-18-36-28-9-5-6-10-29(28)38-24/h3-14,20,22,24,26,31H,15-19H2,1-2H3,(H,33,34)/t22-,24-,26-,31-/m0/s1. The van der Waals surface area contributed by atoms with E-state index in [-0.39, 0.29) is 30.6 Å². The summed E-state index contributed by atoms with van der Waals surface area (Å²) in [6, 6.07) is 23.4. The number of carbonyl (C=O) groups excluding carboxylic acids is 1. The van der Waals surface area contributed by atoms with Gasteiger partial charge in [-0.1, -0.05) is 67.9 Å². The third-order valence-electron chi connectivity index (χ3n) is 7.30. The van der Waals surface area contributed by atoms with Crippen molar-refractivity contribution in [3.8, 4) is 17.2 Å². The third kappa shape index (κ3) is 6.25. The molecule has 4 atom stereocenters. The predicted molar refractivity (Wildman–Crippen MR) is 147 cm³/mol. The van der Waals surface area contributed by atoms with Crippen molar-refractivity contribution in [2.24, 2.45) is 11.8 Å². The molecule has 6 nitrogen and oxygen atoms in total. The number of carbonyl (C=O) groups is 1. The molecule has 3 aromatic rings. The smallest absolute Gasteiger partial charge is 0.258 e. The number of fused-ring (bicyclic) bond motifs is 1. The van der Waals surface area contributed by atoms with Gasteiger partial charge in [0.2, 0.25) is 0 Å². The van der Waals surface area contributed by atoms with E-state index in [4.69, 9.17) is 30.5 Å². The molecule has 1 saturated heterocycles. The van der Waals surface area contributed by atoms with E-state index in [0.29, 0.717) is 43.1 Å². The van der Waals surface area contributed by atoms with E-state index in [9.17, 15) is 4.79 Å². The summed E-state index contributed by atoms with van der Waals surface area (Å²) in [6.07, 6.45) is 0.787. The molecule has 1 fully saturated rings. The number of amides is 1. The Morgan fingerprint density at radius 2 is 1.74 bits per heavy atom. The van der Waals surface area contributed by atoms with Crippen LogP contribution in [-0.4, -0.2) is 38.4 Å². The van der Waals surface area contributed by atoms with Gasteiger partial charge in [-0.05, 0) is 59.7 Å². The molecule has 38 heavy (non-hydrogen) atoms. The lowest BCUT2D eigenvalue weighted by Gasteiger charge is -2.39. The molecule has 0 aromatic heterocycles. The van der Waals surface area contributed by atoms with E-state index >= 15 is 0 Å². The molecule has 200 valence electrons. The number of ether oxygens (including phenoxy) is 4. The maximum Gasteiger partial charge on any atom is 0.258 e. The van der Waals surface area contributed by atoms with Gasteiger partial charge in [-0.2, -0.15) is 0 Å². The van der Waals surface area contributed by atoms with Crippen molar-refractivity contribution >= 4 is 17.5 Å². The molecular formula is C31H34ClNO5. The van der Waals surface area contributed by atoms with Crippen LogP contribution in [-0.2, 0) is 9.53 Å². The van der Waals surface area contributed by atoms with Gasteiger partial charge < -0.3 is 24.3 Å². The van der Waals surface area contributed by atoms with Crippen molar-refractivity contribution in [3.63, 3.8) is 0 Å². The number of hydrogen-bond acceptors (Lipinski definition) is 5. The van der Waals surface area contributed by atoms with E-state index in [1.807, 2.05) is 66.7 Å². The van der Waals surface area contributed by atoms with E-state index in [1.165, 1.54) is 0 Å². The Balaban J connectivity index is 1.11. The molecule has 0 saturated carbocycles. The Hall–Kier alpha value is -3.22. The van der Waals surface area contributed by atoms with Crippen molar-refractivity contribution in [2.45, 2.75) is 38.4 Å². The van der Waals surface area contributed by atoms with Gasteiger partial charge in [-0.25, -0.2) is 0 Å². The summed E-state index contributed by atoms with van der Waals surface area (Å²) < 4.78 is 23.7. The Bertz CT molecular complexity index is 1230. The molecule has 3 aromatic carbocycles. The number of benzene rings is 3. The van der Waals surface area contributed by atoms with Gasteiger partial charge in [-0.15, -0.1) is 0 Å². The number of para-hydroxylation sites is 2. The van der Waals surface area contributed by atoms with Crippen molar-refractivity contribution in [1.29, 1.82) is 0 Å². The highest BCUT2D eigenvalue weighted by Gasteiger charge is 2.35. The zero-order valence-electron chi connectivity index (χ0n) is 21.8. The number of halogens is 1. The molecule has 2 aliphatic heterocycles. The van der Waals surface area contributed by atoms with E-state index in [2.05, 4.69) is 25.2 Å². The second-order valence-corrected chi connectivity index (χ2v) is 10.7. The van der Waals surface area contributed by atoms with Crippen LogP contribution in [0.2, 0.25) is 5.02 Å². The van der Waals surface area contributed by atoms with Crippen LogP contribution in [0.25, 0.3) is 0 Å². The Kier molecular flexibility index (Phi) is 8.40. The summed E-state index contributed by atoms with van der Waals surface area (Å²) >= 11 is 6.48. The van der Waals surface area contributed by atoms with Gasteiger partial charge in [0.05, 0.1) is 19.3 Å². The first-order chi connectivity index (χ1) is 18.5. The normalized spacial score (nSPS) is 22.6. The summed E-state index contributed by atoms with van der Waals surface area (Å²) in [5, 5.41) is 3.66. The van der Waals surface area contributed by atoms with Crippen molar-refractivity contribution in [1.82, 2.24) is 5.32 Å². The van der Waals surface area contributed by atoms with Crippen LogP contribution in [0.15, 0.2) is 72.8 Å². The lowest BCUT2D eigenvalue weighted by molar-refractivity contribution is -0.123. The average molecular weight is 536 g/mol. The van der Waals surface area contributed by atoms with Gasteiger partial charge in [0.1, 0.15) is 18.5 Å². The van der Waals surface area contributed by atoms with Gasteiger partial charge in [0, 0.05) is 10.9 Å². The fraction of sp³-hybridized carbons (Fsp3) is 0.387. The summed E-state index contributed by atoms with van der Waals surface area (Å²) in [7, 11) is 0. The molecule has 0 aliphatic carbocycles. The van der Waals surface area contributed by atoms with Crippen molar-refractivity contribution in [3.05, 3.63) is 88.9 Å². The van der Waals surface area contributed by atoms with Crippen LogP contribution >= 0.6 is 11.6 Å². The minimum Gasteiger partial charge on any atom is -0.486 e. The van der Waals surface area contributed by atoms with Crippen LogP contribution < -0.4 is 19.5 Å². The summed E-state index contributed by atoms with van der Waals surface area (Å²) in [5.41, 5.74) is 2.28. The van der Waals surface area contributed by atoms with Gasteiger partial charge in [-0.3, -0.25) is 4.79 Å². The number of rotatable bonds is 8. The molecule has 2 aliphatic rings. The maximum absolute atomic E-state index is 12.3. The first-order valence-electron chi connectivity index (χ1n) is 13.2. The second kappa shape index (κ2) is 12.1. The molecule has 0 unspecified atom stereocenters. The van der Waals surface area contributed by atoms with E-state index in [0.717, 1.165) is 28.3 Å². The molecule has 1 amide bonds. The Morgan fingerprint density at radius 1 is 1.00 bits per heavy atom. The first kappa shape index (κ1) is 26.4. The highest BCUT2D eigenvalue weighted by molar-refractivity contribution is 6.31. The minimum atomic E-state index is -0.241. The summed E-state index contributed by atoms with van der Waals surface area (Å²) in [6.45, 7) is 5.79. The minimum absolute atomic E-state index is 0.00827. The number of nitrogens with one attached hydrogen (secondary N) is 1. The summed E-state index contributed by atoms with van der Waals surface area (Å²) in [5.74, 6) is 2.95. The molecule has 2 heterocycles. The fourth-order valence-corrected chi connectivity index (χ4v) is 5.49. The van der Waals surface area contributed by atoms with E-state index < -0.39 is 0 Å². The largest absolute Gasteiger partial charge is 0.486 e. The highest BCUT2D eigenvalue weighted by Crippen LogP contribution is 2.44. The van der Waals surface area contributed by atoms with Crippen LogP contribution in [0.3, 0.4) is 0 Å². The van der Waals surface area contributed by atoms with Crippen molar-refractivity contribution < 1.29 is 23.7 Å². The second-order valence-electron chi connectivity index (χ2n) is 10.3. The predicted octanol–water partition coefficient (Wildman–Crippen LogP) is 6.19. The van der Waals surface area contributed by atoms with Gasteiger partial charge in [0.15, 0.2) is 18.1 Å². The third-order valence-corrected chi connectivity index (χ3v) is 7.64. The quantitative estimate of drug-likeness (QED) is 0.372. The topological polar surface area (TPSA) is 66.0 Å². The van der Waals surface area contributed by atoms with E-state index in [1.54, 1.807) is 0 Å². The average Bonchev–Trinajstić information content (AvgIpc) is 2.95. The lowest BCUT2D eigenvalue weighted by Crippen LogP contribution is -2.42. The van der Waals surface area contributed by atoms with Crippen LogP contribution in [0.4, 0.5) is 0 Å². The molecule has 0 radical (unpaired) electrons. The monoisotopic (exact) mass is 535 g/mol. The molecule has 7 heteroatoms. The lowest BCUT2D eigenvalue weighted by atomic mass is 9.76. The summed E-state index contributed by atoms with van der Waals surface area (Å²) in [4.78, 5) is 12.3. The fourth-order valence-electron chi connectivity index (χ4n) is 5.20. The Morgan fingerprint density at radius 3 is 2.50 bits per heavy atom. The van der Waals surface area contributed by atoms with Gasteiger partial charge in [0.25, 0.3) is 5.91 Å².